The van der Waals surface area contributed by atoms with Gasteiger partial charge in [-0.2, -0.15) is 9.61 Å². The zero-order chi connectivity index (χ0) is 38.0. The summed E-state index contributed by atoms with van der Waals surface area (Å²) in [7, 11) is -1.28. The van der Waals surface area contributed by atoms with Gasteiger partial charge < -0.3 is 28.7 Å². The van der Waals surface area contributed by atoms with Crippen LogP contribution in [0.5, 0.6) is 0 Å². The molecule has 5 rings (SSSR count). The third-order valence-electron chi connectivity index (χ3n) is 9.57. The Kier molecular flexibility index (Phi) is 12.6. The van der Waals surface area contributed by atoms with Crippen molar-refractivity contribution < 1.29 is 28.5 Å². The van der Waals surface area contributed by atoms with Crippen LogP contribution in [0.25, 0.3) is 16.8 Å². The minimum absolute atomic E-state index is 0.0670. The Bertz CT molecular complexity index is 1680. The molecule has 2 atom stereocenters. The number of anilines is 1. The second-order valence-corrected chi connectivity index (χ2v) is 29.6. The van der Waals surface area contributed by atoms with E-state index in [0.29, 0.717) is 32.3 Å². The smallest absolute Gasteiger partial charge is 0.410 e. The zero-order valence-corrected chi connectivity index (χ0v) is 36.2. The molecule has 286 valence electrons. The SMILES string of the molecule is COC(=O)c1ccc(-c2cnn3c(N(COCC[Si](C)(C)C)COCC[Si](C)(C)C)c(Br)c(C4CC5CCC(C4)N5C(=O)OC(C)(C)C)nc23)cn1. The predicted octanol–water partition coefficient (Wildman–Crippen LogP) is 8.42. The first-order chi connectivity index (χ1) is 24.3. The molecule has 0 spiro atoms. The largest absolute Gasteiger partial charge is 0.464 e. The Labute approximate surface area is 319 Å². The van der Waals surface area contributed by atoms with Gasteiger partial charge in [0.15, 0.2) is 11.5 Å². The molecule has 15 heteroatoms. The van der Waals surface area contributed by atoms with E-state index in [1.54, 1.807) is 18.5 Å². The molecule has 3 aromatic heterocycles. The van der Waals surface area contributed by atoms with Crippen LogP contribution in [-0.2, 0) is 18.9 Å². The number of carbonyl (C=O) groups is 2. The number of nitrogens with zero attached hydrogens (tertiary/aromatic N) is 6. The summed E-state index contributed by atoms with van der Waals surface area (Å²) in [5.74, 6) is 0.386. The fourth-order valence-corrected chi connectivity index (χ4v) is 9.12. The van der Waals surface area contributed by atoms with E-state index in [4.69, 9.17) is 29.0 Å². The van der Waals surface area contributed by atoms with Crippen molar-refractivity contribution in [2.75, 3.05) is 38.7 Å². The number of esters is 1. The lowest BCUT2D eigenvalue weighted by Gasteiger charge is -2.39. The second kappa shape index (κ2) is 16.3. The highest BCUT2D eigenvalue weighted by atomic mass is 79.9. The van der Waals surface area contributed by atoms with E-state index >= 15 is 0 Å². The van der Waals surface area contributed by atoms with Crippen molar-refractivity contribution in [2.45, 2.75) is 121 Å². The topological polar surface area (TPSA) is 121 Å². The molecular weight excluding hydrogens is 761 g/mol. The number of hydrogen-bond acceptors (Lipinski definition) is 10. The number of pyridine rings is 1. The maximum Gasteiger partial charge on any atom is 0.410 e. The first kappa shape index (κ1) is 40.3. The molecule has 0 radical (unpaired) electrons. The van der Waals surface area contributed by atoms with Crippen molar-refractivity contribution in [3.05, 3.63) is 40.4 Å². The molecule has 0 N–H and O–H groups in total. The Morgan fingerprint density at radius 1 is 0.942 bits per heavy atom. The number of carbonyl (C=O) groups excluding carboxylic acids is 2. The molecule has 1 amide bonds. The summed E-state index contributed by atoms with van der Waals surface area (Å²) in [4.78, 5) is 39.3. The number of ether oxygens (including phenoxy) is 4. The van der Waals surface area contributed by atoms with Gasteiger partial charge in [0.2, 0.25) is 0 Å². The van der Waals surface area contributed by atoms with E-state index in [0.717, 1.165) is 64.9 Å². The molecule has 2 saturated heterocycles. The Morgan fingerprint density at radius 3 is 2.04 bits per heavy atom. The highest BCUT2D eigenvalue weighted by molar-refractivity contribution is 9.10. The first-order valence-electron chi connectivity index (χ1n) is 18.4. The van der Waals surface area contributed by atoms with Gasteiger partial charge in [0.05, 0.1) is 23.5 Å². The summed E-state index contributed by atoms with van der Waals surface area (Å²) in [5, 5.41) is 4.88. The molecule has 0 aromatic carbocycles. The van der Waals surface area contributed by atoms with E-state index < -0.39 is 27.7 Å². The molecule has 12 nitrogen and oxygen atoms in total. The van der Waals surface area contributed by atoms with Crippen molar-refractivity contribution in [1.29, 1.82) is 0 Å². The summed E-state index contributed by atoms with van der Waals surface area (Å²) in [5.41, 5.74) is 2.81. The number of aromatic nitrogens is 4. The van der Waals surface area contributed by atoms with Crippen LogP contribution in [0, 0.1) is 0 Å². The lowest BCUT2D eigenvalue weighted by atomic mass is 9.88. The van der Waals surface area contributed by atoms with Crippen molar-refractivity contribution in [3.63, 3.8) is 0 Å². The van der Waals surface area contributed by atoms with Crippen LogP contribution in [0.3, 0.4) is 0 Å². The quantitative estimate of drug-likeness (QED) is 0.0679. The van der Waals surface area contributed by atoms with Gasteiger partial charge in [0, 0.05) is 64.7 Å². The Balaban J connectivity index is 1.56. The fourth-order valence-electron chi connectivity index (χ4n) is 6.78. The van der Waals surface area contributed by atoms with E-state index in [-0.39, 0.29) is 29.8 Å². The molecule has 0 saturated carbocycles. The van der Waals surface area contributed by atoms with E-state index in [1.165, 1.54) is 7.11 Å². The van der Waals surface area contributed by atoms with Gasteiger partial charge in [0.1, 0.15) is 24.8 Å². The minimum Gasteiger partial charge on any atom is -0.464 e. The van der Waals surface area contributed by atoms with Crippen LogP contribution in [0.1, 0.15) is 68.6 Å². The van der Waals surface area contributed by atoms with Gasteiger partial charge in [-0.1, -0.05) is 45.3 Å². The summed E-state index contributed by atoms with van der Waals surface area (Å²) < 4.78 is 26.1. The summed E-state index contributed by atoms with van der Waals surface area (Å²) in [6.45, 7) is 21.8. The van der Waals surface area contributed by atoms with Crippen LogP contribution in [0.15, 0.2) is 29.0 Å². The van der Waals surface area contributed by atoms with Gasteiger partial charge >= 0.3 is 12.1 Å². The van der Waals surface area contributed by atoms with E-state index in [2.05, 4.69) is 65.1 Å². The number of piperidine rings is 1. The first-order valence-corrected chi connectivity index (χ1v) is 26.6. The van der Waals surface area contributed by atoms with Crippen molar-refractivity contribution in [1.82, 2.24) is 24.5 Å². The average molecular weight is 818 g/mol. The van der Waals surface area contributed by atoms with Gasteiger partial charge in [-0.15, -0.1) is 0 Å². The van der Waals surface area contributed by atoms with Crippen molar-refractivity contribution in [2.24, 2.45) is 0 Å². The molecule has 2 bridgehead atoms. The van der Waals surface area contributed by atoms with Crippen LogP contribution in [0.2, 0.25) is 51.4 Å². The standard InChI is InChI=1S/C37H57BrN6O6Si2/c1-37(2,3)50-36(46)43-27-12-13-28(43)20-26(19-27)32-31(38)34(42(23-48-15-17-51(5,6)7)24-49-16-18-52(8,9)10)44-33(41-32)29(22-40-44)25-11-14-30(39-21-25)35(45)47-4/h11,14,21-22,26-28H,12-13,15-20,23-24H2,1-10H3. The molecule has 3 aromatic rings. The van der Waals surface area contributed by atoms with Crippen LogP contribution in [-0.4, -0.2) is 104 Å². The maximum atomic E-state index is 13.3. The average Bonchev–Trinajstić information content (AvgIpc) is 3.59. The summed E-state index contributed by atoms with van der Waals surface area (Å²) >= 11 is 4.03. The third-order valence-corrected chi connectivity index (χ3v) is 13.7. The van der Waals surface area contributed by atoms with Gasteiger partial charge in [-0.3, -0.25) is 0 Å². The van der Waals surface area contributed by atoms with Crippen molar-refractivity contribution in [3.8, 4) is 11.1 Å². The molecule has 2 unspecified atom stereocenters. The molecule has 52 heavy (non-hydrogen) atoms. The Hall–Kier alpha value is -2.86. The molecular formula is C37H57BrN6O6Si2. The summed E-state index contributed by atoms with van der Waals surface area (Å²) in [6, 6.07) is 5.73. The fraction of sp³-hybridized carbons (Fsp3) is 0.649. The van der Waals surface area contributed by atoms with Gasteiger partial charge in [0.25, 0.3) is 0 Å². The number of amides is 1. The second-order valence-electron chi connectivity index (χ2n) is 17.5. The Morgan fingerprint density at radius 2 is 1.54 bits per heavy atom. The lowest BCUT2D eigenvalue weighted by molar-refractivity contribution is 0.00564. The van der Waals surface area contributed by atoms with Crippen molar-refractivity contribution >= 4 is 55.6 Å². The van der Waals surface area contributed by atoms with E-state index in [1.807, 2.05) is 36.3 Å². The molecule has 0 aliphatic carbocycles. The zero-order valence-electron chi connectivity index (χ0n) is 32.6. The minimum atomic E-state index is -1.31. The van der Waals surface area contributed by atoms with Crippen LogP contribution >= 0.6 is 15.9 Å². The molecule has 5 heterocycles. The maximum absolute atomic E-state index is 13.3. The highest BCUT2D eigenvalue weighted by Crippen LogP contribution is 2.47. The van der Waals surface area contributed by atoms with Gasteiger partial charge in [-0.25, -0.2) is 19.6 Å². The number of fused-ring (bicyclic) bond motifs is 3. The normalized spacial score (nSPS) is 19.3. The molecule has 2 aliphatic rings. The van der Waals surface area contributed by atoms with Crippen LogP contribution in [0.4, 0.5) is 10.6 Å². The number of rotatable bonds is 14. The third kappa shape index (κ3) is 10.0. The monoisotopic (exact) mass is 816 g/mol. The molecule has 2 fully saturated rings. The lowest BCUT2D eigenvalue weighted by Crippen LogP contribution is -2.48. The van der Waals surface area contributed by atoms with Crippen LogP contribution < -0.4 is 4.90 Å². The summed E-state index contributed by atoms with van der Waals surface area (Å²) in [6.07, 6.45) is 6.63. The van der Waals surface area contributed by atoms with E-state index in [9.17, 15) is 9.59 Å². The number of halogens is 1. The molecule has 2 aliphatic heterocycles. The number of hydrogen-bond donors (Lipinski definition) is 0. The van der Waals surface area contributed by atoms with Gasteiger partial charge in [-0.05, 0) is 80.5 Å². The number of methoxy groups -OCH3 is 1. The highest BCUT2D eigenvalue weighted by Gasteiger charge is 2.46. The predicted molar refractivity (Wildman–Crippen MR) is 213 cm³/mol.